The minimum absolute atomic E-state index is 0.250. The van der Waals surface area contributed by atoms with E-state index in [0.717, 1.165) is 5.69 Å². The van der Waals surface area contributed by atoms with Gasteiger partial charge in [0.25, 0.3) is 6.47 Å². The highest BCUT2D eigenvalue weighted by atomic mass is 16.3. The molecule has 0 atom stereocenters. The number of carbonyl (C=O) groups is 1. The van der Waals surface area contributed by atoms with Crippen LogP contribution in [-0.4, -0.2) is 29.7 Å². The molecule has 1 saturated heterocycles. The van der Waals surface area contributed by atoms with E-state index in [2.05, 4.69) is 22.9 Å². The number of aryl methyl sites for hydroxylation is 1. The van der Waals surface area contributed by atoms with Crippen molar-refractivity contribution in [3.05, 3.63) is 24.0 Å². The summed E-state index contributed by atoms with van der Waals surface area (Å²) in [7, 11) is 0. The van der Waals surface area contributed by atoms with Crippen molar-refractivity contribution in [3.8, 4) is 0 Å². The molecule has 0 spiro atoms. The highest BCUT2D eigenvalue weighted by Gasteiger charge is 2.12. The Kier molecular flexibility index (Phi) is 5.32. The molecule has 1 aromatic heterocycles. The first-order valence-corrected chi connectivity index (χ1v) is 5.54. The van der Waals surface area contributed by atoms with Gasteiger partial charge in [-0.25, -0.2) is 0 Å². The van der Waals surface area contributed by atoms with Crippen LogP contribution in [0.1, 0.15) is 25.0 Å². The Morgan fingerprint density at radius 1 is 1.38 bits per heavy atom. The van der Waals surface area contributed by atoms with Crippen LogP contribution in [0, 0.1) is 6.92 Å². The van der Waals surface area contributed by atoms with E-state index < -0.39 is 0 Å². The molecule has 2 rings (SSSR count). The third-order valence-corrected chi connectivity index (χ3v) is 2.68. The third-order valence-electron chi connectivity index (χ3n) is 2.68. The van der Waals surface area contributed by atoms with Crippen LogP contribution < -0.4 is 4.90 Å². The fourth-order valence-corrected chi connectivity index (χ4v) is 1.94. The van der Waals surface area contributed by atoms with E-state index in [-0.39, 0.29) is 6.47 Å². The molecule has 1 aromatic rings. The zero-order chi connectivity index (χ0) is 11.8. The first kappa shape index (κ1) is 12.5. The standard InChI is InChI=1S/C11H16N2.CH2O2/c1-10-11(6-5-7-12-10)13-8-3-2-4-9-13;2-1-3/h5-7H,2-4,8-9H2,1H3;1H,(H,2,3). The Balaban J connectivity index is 0.000000386. The van der Waals surface area contributed by atoms with Gasteiger partial charge in [0.05, 0.1) is 11.4 Å². The maximum absolute atomic E-state index is 8.36. The minimum atomic E-state index is -0.250. The fourth-order valence-electron chi connectivity index (χ4n) is 1.94. The SMILES string of the molecule is Cc1ncccc1N1CCCCC1.O=CO. The Morgan fingerprint density at radius 2 is 2.00 bits per heavy atom. The lowest BCUT2D eigenvalue weighted by atomic mass is 10.1. The minimum Gasteiger partial charge on any atom is -0.483 e. The molecular formula is C12H18N2O2. The Labute approximate surface area is 95.9 Å². The summed E-state index contributed by atoms with van der Waals surface area (Å²) in [6.07, 6.45) is 5.90. The number of carboxylic acid groups (broad SMARTS) is 1. The second kappa shape index (κ2) is 6.82. The summed E-state index contributed by atoms with van der Waals surface area (Å²) in [5.74, 6) is 0. The predicted molar refractivity (Wildman–Crippen MR) is 63.7 cm³/mol. The van der Waals surface area contributed by atoms with Gasteiger partial charge in [0, 0.05) is 19.3 Å². The molecule has 88 valence electrons. The topological polar surface area (TPSA) is 53.4 Å². The van der Waals surface area contributed by atoms with Crippen LogP contribution in [0.4, 0.5) is 5.69 Å². The summed E-state index contributed by atoms with van der Waals surface area (Å²) in [5, 5.41) is 6.89. The van der Waals surface area contributed by atoms with Gasteiger partial charge in [0.1, 0.15) is 0 Å². The zero-order valence-electron chi connectivity index (χ0n) is 9.59. The van der Waals surface area contributed by atoms with Crippen molar-refractivity contribution in [2.45, 2.75) is 26.2 Å². The van der Waals surface area contributed by atoms with Gasteiger partial charge in [-0.05, 0) is 38.3 Å². The summed E-state index contributed by atoms with van der Waals surface area (Å²) < 4.78 is 0. The number of pyridine rings is 1. The smallest absolute Gasteiger partial charge is 0.290 e. The van der Waals surface area contributed by atoms with Gasteiger partial charge in [-0.1, -0.05) is 0 Å². The average molecular weight is 222 g/mol. The van der Waals surface area contributed by atoms with Gasteiger partial charge in [0.2, 0.25) is 0 Å². The Bertz CT molecular complexity index is 323. The van der Waals surface area contributed by atoms with Crippen LogP contribution in [0.2, 0.25) is 0 Å². The monoisotopic (exact) mass is 222 g/mol. The zero-order valence-corrected chi connectivity index (χ0v) is 9.59. The normalized spacial score (nSPS) is 14.9. The second-order valence-electron chi connectivity index (χ2n) is 3.76. The number of anilines is 1. The van der Waals surface area contributed by atoms with Crippen LogP contribution in [0.25, 0.3) is 0 Å². The van der Waals surface area contributed by atoms with E-state index >= 15 is 0 Å². The van der Waals surface area contributed by atoms with Crippen molar-refractivity contribution in [1.82, 2.24) is 4.98 Å². The molecule has 1 aliphatic heterocycles. The number of hydrogen-bond donors (Lipinski definition) is 1. The van der Waals surface area contributed by atoms with Crippen molar-refractivity contribution in [3.63, 3.8) is 0 Å². The van der Waals surface area contributed by atoms with E-state index in [9.17, 15) is 0 Å². The third kappa shape index (κ3) is 3.53. The van der Waals surface area contributed by atoms with Crippen molar-refractivity contribution in [2.75, 3.05) is 18.0 Å². The van der Waals surface area contributed by atoms with Gasteiger partial charge in [-0.3, -0.25) is 9.78 Å². The average Bonchev–Trinajstić information content (AvgIpc) is 2.32. The van der Waals surface area contributed by atoms with E-state index in [1.54, 1.807) is 0 Å². The van der Waals surface area contributed by atoms with Crippen molar-refractivity contribution in [1.29, 1.82) is 0 Å². The maximum Gasteiger partial charge on any atom is 0.290 e. The van der Waals surface area contributed by atoms with Crippen molar-refractivity contribution < 1.29 is 9.90 Å². The molecule has 0 aliphatic carbocycles. The molecule has 0 saturated carbocycles. The van der Waals surface area contributed by atoms with Gasteiger partial charge in [-0.15, -0.1) is 0 Å². The molecule has 1 N–H and O–H groups in total. The molecule has 1 aliphatic rings. The molecule has 0 amide bonds. The van der Waals surface area contributed by atoms with Crippen LogP contribution in [0.15, 0.2) is 18.3 Å². The van der Waals surface area contributed by atoms with Crippen molar-refractivity contribution >= 4 is 12.2 Å². The lowest BCUT2D eigenvalue weighted by Crippen LogP contribution is -2.30. The van der Waals surface area contributed by atoms with E-state index in [0.29, 0.717) is 0 Å². The molecule has 0 unspecified atom stereocenters. The molecule has 1 fully saturated rings. The lowest BCUT2D eigenvalue weighted by Gasteiger charge is -2.29. The van der Waals surface area contributed by atoms with Crippen molar-refractivity contribution in [2.24, 2.45) is 0 Å². The van der Waals surface area contributed by atoms with Gasteiger partial charge in [0.15, 0.2) is 0 Å². The molecule has 4 heteroatoms. The van der Waals surface area contributed by atoms with Crippen LogP contribution in [0.5, 0.6) is 0 Å². The van der Waals surface area contributed by atoms with Crippen LogP contribution in [-0.2, 0) is 4.79 Å². The highest BCUT2D eigenvalue weighted by molar-refractivity contribution is 5.49. The Hall–Kier alpha value is -1.58. The maximum atomic E-state index is 8.36. The van der Waals surface area contributed by atoms with Gasteiger partial charge in [-0.2, -0.15) is 0 Å². The summed E-state index contributed by atoms with van der Waals surface area (Å²) in [6, 6.07) is 4.20. The molecule has 4 nitrogen and oxygen atoms in total. The number of hydrogen-bond acceptors (Lipinski definition) is 3. The summed E-state index contributed by atoms with van der Waals surface area (Å²) in [6.45, 7) is 4.24. The van der Waals surface area contributed by atoms with E-state index in [4.69, 9.17) is 9.90 Å². The van der Waals surface area contributed by atoms with Crippen LogP contribution in [0.3, 0.4) is 0 Å². The lowest BCUT2D eigenvalue weighted by molar-refractivity contribution is -0.122. The quantitative estimate of drug-likeness (QED) is 0.739. The summed E-state index contributed by atoms with van der Waals surface area (Å²) in [4.78, 5) is 15.1. The summed E-state index contributed by atoms with van der Waals surface area (Å²) in [5.41, 5.74) is 2.48. The van der Waals surface area contributed by atoms with E-state index in [1.165, 1.54) is 38.0 Å². The summed E-state index contributed by atoms with van der Waals surface area (Å²) >= 11 is 0. The molecule has 16 heavy (non-hydrogen) atoms. The number of rotatable bonds is 1. The van der Waals surface area contributed by atoms with Gasteiger partial charge >= 0.3 is 0 Å². The molecule has 0 bridgehead atoms. The highest BCUT2D eigenvalue weighted by Crippen LogP contribution is 2.21. The second-order valence-corrected chi connectivity index (χ2v) is 3.76. The van der Waals surface area contributed by atoms with Crippen LogP contribution >= 0.6 is 0 Å². The Morgan fingerprint density at radius 3 is 2.56 bits per heavy atom. The fraction of sp³-hybridized carbons (Fsp3) is 0.500. The number of nitrogens with zero attached hydrogens (tertiary/aromatic N) is 2. The molecular weight excluding hydrogens is 204 g/mol. The molecule has 0 radical (unpaired) electrons. The number of aromatic nitrogens is 1. The molecule has 2 heterocycles. The van der Waals surface area contributed by atoms with E-state index in [1.807, 2.05) is 12.3 Å². The largest absolute Gasteiger partial charge is 0.483 e. The molecule has 0 aromatic carbocycles. The first-order chi connectivity index (χ1) is 7.79. The first-order valence-electron chi connectivity index (χ1n) is 5.54. The van der Waals surface area contributed by atoms with Gasteiger partial charge < -0.3 is 10.0 Å². The number of piperidine rings is 1. The predicted octanol–water partition coefficient (Wildman–Crippen LogP) is 2.08.